The highest BCUT2D eigenvalue weighted by Gasteiger charge is 2.27. The molecule has 1 heterocycles. The molecular formula is C13H12BrClFNO3S. The number of sulfonamides is 1. The van der Waals surface area contributed by atoms with Gasteiger partial charge in [0.2, 0.25) is 10.0 Å². The lowest BCUT2D eigenvalue weighted by molar-refractivity contribution is 0.459. The van der Waals surface area contributed by atoms with Crippen LogP contribution in [0.5, 0.6) is 0 Å². The van der Waals surface area contributed by atoms with Crippen LogP contribution in [-0.4, -0.2) is 19.8 Å². The molecule has 4 nitrogen and oxygen atoms in total. The van der Waals surface area contributed by atoms with Crippen molar-refractivity contribution in [3.8, 4) is 0 Å². The second kappa shape index (κ2) is 6.48. The van der Waals surface area contributed by atoms with Crippen LogP contribution in [0.25, 0.3) is 0 Å². The number of rotatable bonds is 5. The van der Waals surface area contributed by atoms with Crippen molar-refractivity contribution in [3.63, 3.8) is 0 Å². The van der Waals surface area contributed by atoms with Crippen molar-refractivity contribution < 1.29 is 17.2 Å². The van der Waals surface area contributed by atoms with Crippen molar-refractivity contribution in [1.29, 1.82) is 0 Å². The van der Waals surface area contributed by atoms with Crippen molar-refractivity contribution in [2.45, 2.75) is 17.3 Å². The van der Waals surface area contributed by atoms with Gasteiger partial charge in [-0.2, -0.15) is 4.31 Å². The molecule has 0 N–H and O–H groups in total. The zero-order valence-electron chi connectivity index (χ0n) is 11.0. The van der Waals surface area contributed by atoms with Crippen LogP contribution in [0.4, 0.5) is 4.39 Å². The van der Waals surface area contributed by atoms with E-state index in [0.717, 1.165) is 4.31 Å². The van der Waals surface area contributed by atoms with Gasteiger partial charge in [-0.15, -0.1) is 11.6 Å². The van der Waals surface area contributed by atoms with E-state index >= 15 is 0 Å². The molecule has 0 unspecified atom stereocenters. The molecule has 21 heavy (non-hydrogen) atoms. The molecule has 0 saturated heterocycles. The second-order valence-corrected chi connectivity index (χ2v) is 7.38. The van der Waals surface area contributed by atoms with Crippen LogP contribution in [0.3, 0.4) is 0 Å². The minimum atomic E-state index is -3.76. The maximum absolute atomic E-state index is 13.1. The molecule has 1 aromatic carbocycles. The summed E-state index contributed by atoms with van der Waals surface area (Å²) in [5.41, 5.74) is 0.554. The summed E-state index contributed by atoms with van der Waals surface area (Å²) in [5, 5.41) is 0. The smallest absolute Gasteiger partial charge is 0.247 e. The predicted molar refractivity (Wildman–Crippen MR) is 81.0 cm³/mol. The van der Waals surface area contributed by atoms with Gasteiger partial charge in [0.05, 0.1) is 5.88 Å². The number of furan rings is 1. The van der Waals surface area contributed by atoms with Crippen LogP contribution in [0.2, 0.25) is 0 Å². The molecule has 0 aliphatic heterocycles. The van der Waals surface area contributed by atoms with Crippen molar-refractivity contribution in [3.05, 3.63) is 52.1 Å². The highest BCUT2D eigenvalue weighted by Crippen LogP contribution is 2.29. The Morgan fingerprint density at radius 2 is 2.10 bits per heavy atom. The zero-order chi connectivity index (χ0) is 15.6. The molecule has 8 heteroatoms. The van der Waals surface area contributed by atoms with Gasteiger partial charge in [0, 0.05) is 19.7 Å². The van der Waals surface area contributed by atoms with Crippen LogP contribution in [0.15, 0.2) is 44.3 Å². The number of hydrogen-bond donors (Lipinski definition) is 0. The summed E-state index contributed by atoms with van der Waals surface area (Å²) in [6.07, 6.45) is 0. The maximum atomic E-state index is 13.1. The summed E-state index contributed by atoms with van der Waals surface area (Å²) in [6, 6.07) is 7.15. The largest absolute Gasteiger partial charge is 0.452 e. The van der Waals surface area contributed by atoms with Crippen molar-refractivity contribution in [2.75, 3.05) is 7.05 Å². The molecule has 0 spiro atoms. The Bertz CT molecular complexity index is 748. The third-order valence-electron chi connectivity index (χ3n) is 2.82. The Labute approximate surface area is 135 Å². The van der Waals surface area contributed by atoms with E-state index in [2.05, 4.69) is 15.9 Å². The second-order valence-electron chi connectivity index (χ2n) is 4.38. The Morgan fingerprint density at radius 1 is 1.38 bits per heavy atom. The van der Waals surface area contributed by atoms with Gasteiger partial charge in [-0.1, -0.05) is 12.1 Å². The lowest BCUT2D eigenvalue weighted by Gasteiger charge is -2.16. The standard InChI is InChI=1S/C13H12BrClFNO3S/c1-17(8-9-3-2-4-10(16)5-9)21(18,19)12-6-11(7-15)20-13(12)14/h2-6H,7-8H2,1H3. The minimum absolute atomic E-state index is 0.00273. The molecule has 0 saturated carbocycles. The van der Waals surface area contributed by atoms with Crippen LogP contribution < -0.4 is 0 Å². The molecule has 0 aliphatic carbocycles. The van der Waals surface area contributed by atoms with E-state index in [9.17, 15) is 12.8 Å². The van der Waals surface area contributed by atoms with Gasteiger partial charge in [0.25, 0.3) is 0 Å². The number of hydrogen-bond acceptors (Lipinski definition) is 3. The molecule has 2 aromatic rings. The quantitative estimate of drug-likeness (QED) is 0.723. The van der Waals surface area contributed by atoms with E-state index in [1.165, 1.54) is 31.3 Å². The first-order valence-electron chi connectivity index (χ1n) is 5.89. The molecule has 114 valence electrons. The topological polar surface area (TPSA) is 50.5 Å². The van der Waals surface area contributed by atoms with Gasteiger partial charge in [0.1, 0.15) is 16.5 Å². The molecule has 0 bridgehead atoms. The SMILES string of the molecule is CN(Cc1cccc(F)c1)S(=O)(=O)c1cc(CCl)oc1Br. The lowest BCUT2D eigenvalue weighted by Crippen LogP contribution is -2.26. The fourth-order valence-electron chi connectivity index (χ4n) is 1.78. The van der Waals surface area contributed by atoms with Crippen molar-refractivity contribution in [2.24, 2.45) is 0 Å². The van der Waals surface area contributed by atoms with Crippen LogP contribution in [-0.2, 0) is 22.4 Å². The molecule has 0 fully saturated rings. The van der Waals surface area contributed by atoms with E-state index in [4.69, 9.17) is 16.0 Å². The molecule has 1 aromatic heterocycles. The average molecular weight is 397 g/mol. The van der Waals surface area contributed by atoms with E-state index in [-0.39, 0.29) is 22.0 Å². The van der Waals surface area contributed by atoms with Gasteiger partial charge in [-0.25, -0.2) is 12.8 Å². The molecular weight excluding hydrogens is 385 g/mol. The highest BCUT2D eigenvalue weighted by molar-refractivity contribution is 9.10. The number of alkyl halides is 1. The number of halogens is 3. The molecule has 0 radical (unpaired) electrons. The third-order valence-corrected chi connectivity index (χ3v) is 5.74. The van der Waals surface area contributed by atoms with Crippen LogP contribution in [0.1, 0.15) is 11.3 Å². The zero-order valence-corrected chi connectivity index (χ0v) is 14.2. The maximum Gasteiger partial charge on any atom is 0.247 e. The first-order valence-corrected chi connectivity index (χ1v) is 8.66. The van der Waals surface area contributed by atoms with E-state index in [1.54, 1.807) is 6.07 Å². The van der Waals surface area contributed by atoms with Gasteiger partial charge in [-0.05, 0) is 33.6 Å². The molecule has 2 rings (SSSR count). The Kier molecular flexibility index (Phi) is 5.08. The van der Waals surface area contributed by atoms with Crippen molar-refractivity contribution >= 4 is 37.6 Å². The van der Waals surface area contributed by atoms with Crippen LogP contribution >= 0.6 is 27.5 Å². The Hall–Kier alpha value is -0.890. The average Bonchev–Trinajstić information content (AvgIpc) is 2.80. The van der Waals surface area contributed by atoms with E-state index < -0.39 is 15.8 Å². The molecule has 0 aliphatic rings. The van der Waals surface area contributed by atoms with Gasteiger partial charge in [-0.3, -0.25) is 0 Å². The summed E-state index contributed by atoms with van der Waals surface area (Å²) in [4.78, 5) is -0.00273. The van der Waals surface area contributed by atoms with Crippen LogP contribution in [0, 0.1) is 5.82 Å². The fraction of sp³-hybridized carbons (Fsp3) is 0.231. The predicted octanol–water partition coefficient (Wildman–Crippen LogP) is 3.74. The fourth-order valence-corrected chi connectivity index (χ4v) is 4.03. The monoisotopic (exact) mass is 395 g/mol. The minimum Gasteiger partial charge on any atom is -0.452 e. The van der Waals surface area contributed by atoms with Gasteiger partial charge in [0.15, 0.2) is 4.67 Å². The Morgan fingerprint density at radius 3 is 2.67 bits per heavy atom. The van der Waals surface area contributed by atoms with E-state index in [0.29, 0.717) is 11.3 Å². The summed E-state index contributed by atoms with van der Waals surface area (Å²) in [7, 11) is -2.34. The number of nitrogens with zero attached hydrogens (tertiary/aromatic N) is 1. The summed E-state index contributed by atoms with van der Waals surface area (Å²) in [5.74, 6) is 0.00958. The van der Waals surface area contributed by atoms with Crippen molar-refractivity contribution in [1.82, 2.24) is 4.31 Å². The number of benzene rings is 1. The summed E-state index contributed by atoms with van der Waals surface area (Å²) in [6.45, 7) is 0.0495. The molecule has 0 amide bonds. The van der Waals surface area contributed by atoms with E-state index in [1.807, 2.05) is 0 Å². The summed E-state index contributed by atoms with van der Waals surface area (Å²) < 4.78 is 44.5. The first-order chi connectivity index (χ1) is 9.84. The lowest BCUT2D eigenvalue weighted by atomic mass is 10.2. The summed E-state index contributed by atoms with van der Waals surface area (Å²) >= 11 is 8.69. The third kappa shape index (κ3) is 3.66. The van der Waals surface area contributed by atoms with Gasteiger partial charge >= 0.3 is 0 Å². The first kappa shape index (κ1) is 16.5. The van der Waals surface area contributed by atoms with Gasteiger partial charge < -0.3 is 4.42 Å². The highest BCUT2D eigenvalue weighted by atomic mass is 79.9. The normalized spacial score (nSPS) is 12.0. The molecule has 0 atom stereocenters. The Balaban J connectivity index is 2.28.